The van der Waals surface area contributed by atoms with Gasteiger partial charge in [-0.3, -0.25) is 0 Å². The number of hydrogen-bond acceptors (Lipinski definition) is 2. The van der Waals surface area contributed by atoms with Crippen LogP contribution in [0.4, 0.5) is 0 Å². The lowest BCUT2D eigenvalue weighted by Gasteiger charge is -2.15. The highest BCUT2D eigenvalue weighted by atomic mass is 79.9. The Morgan fingerprint density at radius 3 is 2.53 bits per heavy atom. The maximum Gasteiger partial charge on any atom is 0.162 e. The van der Waals surface area contributed by atoms with Crippen molar-refractivity contribution in [1.29, 1.82) is 0 Å². The Hall–Kier alpha value is -0.220. The van der Waals surface area contributed by atoms with Crippen LogP contribution in [0.3, 0.4) is 0 Å². The zero-order valence-electron chi connectivity index (χ0n) is 11.3. The quantitative estimate of drug-likeness (QED) is 0.478. The van der Waals surface area contributed by atoms with E-state index in [2.05, 4.69) is 44.8 Å². The molecule has 0 aromatic heterocycles. The SMILES string of the molecule is CCCCCC(Br)c1cc2c(cc1Br)OCCCO2. The molecule has 0 spiro atoms. The standard InChI is InChI=1S/C15H20Br2O2/c1-2-3-4-6-12(16)11-9-14-15(10-13(11)17)19-8-5-7-18-14/h9-10,12H,2-8H2,1H3. The van der Waals surface area contributed by atoms with E-state index in [-0.39, 0.29) is 0 Å². The van der Waals surface area contributed by atoms with Crippen molar-refractivity contribution in [3.63, 3.8) is 0 Å². The van der Waals surface area contributed by atoms with Gasteiger partial charge in [-0.2, -0.15) is 0 Å². The fraction of sp³-hybridized carbons (Fsp3) is 0.600. The number of alkyl halides is 1. The highest BCUT2D eigenvalue weighted by Crippen LogP contribution is 2.41. The largest absolute Gasteiger partial charge is 0.490 e. The van der Waals surface area contributed by atoms with E-state index in [1.54, 1.807) is 0 Å². The van der Waals surface area contributed by atoms with E-state index in [4.69, 9.17) is 9.47 Å². The molecule has 0 fully saturated rings. The maximum absolute atomic E-state index is 5.75. The van der Waals surface area contributed by atoms with Crippen molar-refractivity contribution < 1.29 is 9.47 Å². The molecule has 0 radical (unpaired) electrons. The molecule has 4 heteroatoms. The molecule has 1 aromatic carbocycles. The van der Waals surface area contributed by atoms with Crippen LogP contribution >= 0.6 is 31.9 Å². The number of rotatable bonds is 5. The van der Waals surface area contributed by atoms with Crippen LogP contribution in [0.1, 0.15) is 49.4 Å². The third-order valence-electron chi connectivity index (χ3n) is 3.27. The zero-order chi connectivity index (χ0) is 13.7. The Balaban J connectivity index is 2.14. The van der Waals surface area contributed by atoms with E-state index in [0.717, 1.165) is 42.0 Å². The van der Waals surface area contributed by atoms with Crippen LogP contribution in [0.25, 0.3) is 0 Å². The Morgan fingerprint density at radius 2 is 1.84 bits per heavy atom. The Bertz CT molecular complexity index is 421. The van der Waals surface area contributed by atoms with Crippen LogP contribution in [-0.4, -0.2) is 13.2 Å². The van der Waals surface area contributed by atoms with E-state index >= 15 is 0 Å². The van der Waals surface area contributed by atoms with Crippen LogP contribution in [0, 0.1) is 0 Å². The molecule has 0 bridgehead atoms. The minimum atomic E-state index is 0.366. The lowest BCUT2D eigenvalue weighted by atomic mass is 10.1. The fourth-order valence-corrected chi connectivity index (χ4v) is 3.78. The van der Waals surface area contributed by atoms with Crippen molar-refractivity contribution in [2.45, 2.75) is 43.9 Å². The predicted octanol–water partition coefficient (Wildman–Crippen LogP) is 5.63. The summed E-state index contributed by atoms with van der Waals surface area (Å²) in [5, 5.41) is 0. The van der Waals surface area contributed by atoms with Gasteiger partial charge in [0.2, 0.25) is 0 Å². The molecule has 1 aliphatic rings. The average molecular weight is 392 g/mol. The van der Waals surface area contributed by atoms with Gasteiger partial charge in [-0.15, -0.1) is 0 Å². The van der Waals surface area contributed by atoms with Crippen LogP contribution in [-0.2, 0) is 0 Å². The van der Waals surface area contributed by atoms with Crippen molar-refractivity contribution in [3.8, 4) is 11.5 Å². The van der Waals surface area contributed by atoms with E-state index < -0.39 is 0 Å². The molecule has 0 aliphatic carbocycles. The molecular formula is C15H20Br2O2. The zero-order valence-corrected chi connectivity index (χ0v) is 14.4. The number of unbranched alkanes of at least 4 members (excludes halogenated alkanes) is 2. The predicted molar refractivity (Wildman–Crippen MR) is 85.6 cm³/mol. The molecule has 1 heterocycles. The van der Waals surface area contributed by atoms with Gasteiger partial charge in [0.1, 0.15) is 0 Å². The first-order valence-corrected chi connectivity index (χ1v) is 8.66. The van der Waals surface area contributed by atoms with Gasteiger partial charge >= 0.3 is 0 Å². The molecule has 0 saturated heterocycles. The number of benzene rings is 1. The molecule has 0 amide bonds. The van der Waals surface area contributed by atoms with Gasteiger partial charge in [0.05, 0.1) is 13.2 Å². The van der Waals surface area contributed by atoms with Gasteiger partial charge < -0.3 is 9.47 Å². The molecule has 19 heavy (non-hydrogen) atoms. The van der Waals surface area contributed by atoms with Crippen molar-refractivity contribution >= 4 is 31.9 Å². The number of hydrogen-bond donors (Lipinski definition) is 0. The third-order valence-corrected chi connectivity index (χ3v) is 4.90. The first kappa shape index (κ1) is 15.2. The first-order valence-electron chi connectivity index (χ1n) is 6.95. The van der Waals surface area contributed by atoms with Crippen LogP contribution in [0.15, 0.2) is 16.6 Å². The van der Waals surface area contributed by atoms with Crippen LogP contribution in [0.5, 0.6) is 11.5 Å². The summed E-state index contributed by atoms with van der Waals surface area (Å²) in [5.74, 6) is 1.72. The first-order chi connectivity index (χ1) is 9.22. The normalized spacial score (nSPS) is 15.9. The molecule has 1 aromatic rings. The second-order valence-electron chi connectivity index (χ2n) is 4.83. The van der Waals surface area contributed by atoms with Crippen molar-refractivity contribution in [3.05, 3.63) is 22.2 Å². The minimum Gasteiger partial charge on any atom is -0.490 e. The molecule has 2 nitrogen and oxygen atoms in total. The summed E-state index contributed by atoms with van der Waals surface area (Å²) < 4.78 is 12.5. The maximum atomic E-state index is 5.75. The van der Waals surface area contributed by atoms with Gasteiger partial charge in [0.15, 0.2) is 11.5 Å². The second-order valence-corrected chi connectivity index (χ2v) is 6.79. The van der Waals surface area contributed by atoms with Gasteiger partial charge in [-0.1, -0.05) is 58.0 Å². The summed E-state index contributed by atoms with van der Waals surface area (Å²) in [6.45, 7) is 3.69. The van der Waals surface area contributed by atoms with E-state index in [1.807, 2.05) is 6.07 Å². The summed E-state index contributed by atoms with van der Waals surface area (Å²) in [7, 11) is 0. The summed E-state index contributed by atoms with van der Waals surface area (Å²) in [5.41, 5.74) is 1.25. The molecule has 2 rings (SSSR count). The van der Waals surface area contributed by atoms with Crippen LogP contribution < -0.4 is 9.47 Å². The molecule has 1 aliphatic heterocycles. The van der Waals surface area contributed by atoms with Gasteiger partial charge in [0.25, 0.3) is 0 Å². The average Bonchev–Trinajstić information content (AvgIpc) is 2.62. The molecule has 0 N–H and O–H groups in total. The van der Waals surface area contributed by atoms with Crippen molar-refractivity contribution in [2.24, 2.45) is 0 Å². The van der Waals surface area contributed by atoms with Crippen molar-refractivity contribution in [1.82, 2.24) is 0 Å². The second kappa shape index (κ2) is 7.53. The van der Waals surface area contributed by atoms with Crippen molar-refractivity contribution in [2.75, 3.05) is 13.2 Å². The fourth-order valence-electron chi connectivity index (χ4n) is 2.17. The molecule has 106 valence electrons. The highest BCUT2D eigenvalue weighted by Gasteiger charge is 2.17. The highest BCUT2D eigenvalue weighted by molar-refractivity contribution is 9.11. The summed E-state index contributed by atoms with van der Waals surface area (Å²) in [6.07, 6.45) is 5.86. The van der Waals surface area contributed by atoms with Crippen LogP contribution in [0.2, 0.25) is 0 Å². The lowest BCUT2D eigenvalue weighted by molar-refractivity contribution is 0.297. The number of fused-ring (bicyclic) bond motifs is 1. The monoisotopic (exact) mass is 390 g/mol. The number of halogens is 2. The molecule has 1 atom stereocenters. The summed E-state index contributed by atoms with van der Waals surface area (Å²) in [6, 6.07) is 4.14. The Labute approximate surface area is 132 Å². The Morgan fingerprint density at radius 1 is 1.16 bits per heavy atom. The molecular weight excluding hydrogens is 372 g/mol. The third kappa shape index (κ3) is 4.12. The number of ether oxygens (including phenoxy) is 2. The van der Waals surface area contributed by atoms with Gasteiger partial charge in [-0.25, -0.2) is 0 Å². The van der Waals surface area contributed by atoms with Gasteiger partial charge in [0, 0.05) is 15.7 Å². The summed E-state index contributed by atoms with van der Waals surface area (Å²) in [4.78, 5) is 0.366. The molecule has 0 saturated carbocycles. The van der Waals surface area contributed by atoms with Gasteiger partial charge in [-0.05, 0) is 24.1 Å². The lowest BCUT2D eigenvalue weighted by Crippen LogP contribution is -1.97. The topological polar surface area (TPSA) is 18.5 Å². The smallest absolute Gasteiger partial charge is 0.162 e. The Kier molecular flexibility index (Phi) is 6.02. The van der Waals surface area contributed by atoms with E-state index in [9.17, 15) is 0 Å². The molecule has 1 unspecified atom stereocenters. The summed E-state index contributed by atoms with van der Waals surface area (Å²) >= 11 is 7.43. The van der Waals surface area contributed by atoms with E-state index in [1.165, 1.54) is 24.8 Å². The van der Waals surface area contributed by atoms with E-state index in [0.29, 0.717) is 4.83 Å². The minimum absolute atomic E-state index is 0.366.